The van der Waals surface area contributed by atoms with Gasteiger partial charge in [0.2, 0.25) is 0 Å². The van der Waals surface area contributed by atoms with Crippen molar-refractivity contribution in [2.45, 2.75) is 13.8 Å². The summed E-state index contributed by atoms with van der Waals surface area (Å²) in [5.74, 6) is -2.12. The predicted octanol–water partition coefficient (Wildman–Crippen LogP) is 3.07. The number of aliphatic carboxylic acids is 1. The molecule has 2 amide bonds. The van der Waals surface area contributed by atoms with Crippen molar-refractivity contribution in [2.75, 3.05) is 11.9 Å². The molecule has 0 aliphatic rings. The van der Waals surface area contributed by atoms with E-state index in [0.29, 0.717) is 5.69 Å². The van der Waals surface area contributed by atoms with Gasteiger partial charge < -0.3 is 15.7 Å². The smallest absolute Gasteiger partial charge is 0.319 e. The first-order valence-electron chi connectivity index (χ1n) is 6.04. The Morgan fingerprint density at radius 2 is 2.05 bits per heavy atom. The lowest BCUT2D eigenvalue weighted by Gasteiger charge is -2.17. The van der Waals surface area contributed by atoms with E-state index in [1.165, 1.54) is 18.2 Å². The van der Waals surface area contributed by atoms with Gasteiger partial charge in [-0.15, -0.1) is 0 Å². The highest BCUT2D eigenvalue weighted by atomic mass is 79.9. The van der Waals surface area contributed by atoms with E-state index >= 15 is 0 Å². The van der Waals surface area contributed by atoms with Crippen LogP contribution in [0.15, 0.2) is 22.7 Å². The first kappa shape index (κ1) is 16.4. The third-order valence-electron chi connectivity index (χ3n) is 2.78. The molecule has 1 atom stereocenters. The molecule has 1 aromatic carbocycles. The molecular weight excluding hydrogens is 331 g/mol. The molecule has 110 valence electrons. The number of carboxylic acid groups (broad SMARTS) is 1. The molecule has 0 saturated carbocycles. The molecule has 1 rings (SSSR count). The molecule has 1 unspecified atom stereocenters. The molecule has 0 saturated heterocycles. The molecule has 0 aliphatic carbocycles. The van der Waals surface area contributed by atoms with Crippen molar-refractivity contribution in [2.24, 2.45) is 11.8 Å². The lowest BCUT2D eigenvalue weighted by molar-refractivity contribution is -0.142. The maximum atomic E-state index is 13.0. The summed E-state index contributed by atoms with van der Waals surface area (Å²) in [5, 5.41) is 14.0. The Balaban J connectivity index is 2.55. The van der Waals surface area contributed by atoms with Crippen LogP contribution in [0.1, 0.15) is 13.8 Å². The summed E-state index contributed by atoms with van der Waals surface area (Å²) in [7, 11) is 0. The summed E-state index contributed by atoms with van der Waals surface area (Å²) < 4.78 is 13.3. The van der Waals surface area contributed by atoms with Gasteiger partial charge in [-0.25, -0.2) is 9.18 Å². The zero-order valence-corrected chi connectivity index (χ0v) is 12.7. The van der Waals surface area contributed by atoms with Gasteiger partial charge in [0.15, 0.2) is 0 Å². The number of hydrogen-bond acceptors (Lipinski definition) is 2. The minimum absolute atomic E-state index is 0.0290. The summed E-state index contributed by atoms with van der Waals surface area (Å²) >= 11 is 3.01. The lowest BCUT2D eigenvalue weighted by Crippen LogP contribution is -2.37. The monoisotopic (exact) mass is 346 g/mol. The van der Waals surface area contributed by atoms with E-state index in [9.17, 15) is 14.0 Å². The van der Waals surface area contributed by atoms with E-state index in [1.54, 1.807) is 13.8 Å². The van der Waals surface area contributed by atoms with Crippen LogP contribution in [0, 0.1) is 17.7 Å². The van der Waals surface area contributed by atoms with Crippen molar-refractivity contribution in [1.82, 2.24) is 5.32 Å². The Kier molecular flexibility index (Phi) is 5.94. The van der Waals surface area contributed by atoms with Gasteiger partial charge in [-0.1, -0.05) is 13.8 Å². The van der Waals surface area contributed by atoms with Crippen molar-refractivity contribution in [3.8, 4) is 0 Å². The second kappa shape index (κ2) is 7.23. The van der Waals surface area contributed by atoms with E-state index in [2.05, 4.69) is 26.6 Å². The molecule has 0 aliphatic heterocycles. The molecule has 3 N–H and O–H groups in total. The van der Waals surface area contributed by atoms with Gasteiger partial charge in [-0.2, -0.15) is 0 Å². The Hall–Kier alpha value is -1.63. The van der Waals surface area contributed by atoms with Crippen LogP contribution in [0.4, 0.5) is 14.9 Å². The van der Waals surface area contributed by atoms with Crippen molar-refractivity contribution in [1.29, 1.82) is 0 Å². The summed E-state index contributed by atoms with van der Waals surface area (Å²) in [6.45, 7) is 3.58. The van der Waals surface area contributed by atoms with Gasteiger partial charge in [0, 0.05) is 12.2 Å². The van der Waals surface area contributed by atoms with Gasteiger partial charge in [0.05, 0.1) is 10.4 Å². The van der Waals surface area contributed by atoms with E-state index in [1.807, 2.05) is 0 Å². The molecule has 0 fully saturated rings. The highest BCUT2D eigenvalue weighted by molar-refractivity contribution is 9.10. The van der Waals surface area contributed by atoms with E-state index in [4.69, 9.17) is 5.11 Å². The number of halogens is 2. The Morgan fingerprint density at radius 1 is 1.40 bits per heavy atom. The average Bonchev–Trinajstić information content (AvgIpc) is 2.33. The SMILES string of the molecule is CC(C)C(CNC(=O)Nc1ccc(F)c(Br)c1)C(=O)O. The van der Waals surface area contributed by atoms with Crippen molar-refractivity contribution in [3.05, 3.63) is 28.5 Å². The third-order valence-corrected chi connectivity index (χ3v) is 3.39. The summed E-state index contributed by atoms with van der Waals surface area (Å²) in [5.41, 5.74) is 0.409. The van der Waals surface area contributed by atoms with Gasteiger partial charge >= 0.3 is 12.0 Å². The quantitative estimate of drug-likeness (QED) is 0.766. The Labute approximate surface area is 124 Å². The van der Waals surface area contributed by atoms with Gasteiger partial charge in [0.25, 0.3) is 0 Å². The maximum absolute atomic E-state index is 13.0. The fraction of sp³-hybridized carbons (Fsp3) is 0.385. The molecule has 7 heteroatoms. The molecule has 1 aromatic rings. The number of hydrogen-bond donors (Lipinski definition) is 3. The zero-order chi connectivity index (χ0) is 15.3. The normalized spacial score (nSPS) is 12.1. The van der Waals surface area contributed by atoms with Crippen LogP contribution in [-0.2, 0) is 4.79 Å². The van der Waals surface area contributed by atoms with Gasteiger partial charge in [0.1, 0.15) is 5.82 Å². The first-order chi connectivity index (χ1) is 9.31. The van der Waals surface area contributed by atoms with Gasteiger partial charge in [-0.3, -0.25) is 4.79 Å². The molecule has 0 radical (unpaired) electrons. The minimum Gasteiger partial charge on any atom is -0.481 e. The number of nitrogens with one attached hydrogen (secondary N) is 2. The molecule has 0 spiro atoms. The van der Waals surface area contributed by atoms with Crippen molar-refractivity contribution >= 4 is 33.6 Å². The van der Waals surface area contributed by atoms with Gasteiger partial charge in [-0.05, 0) is 40.0 Å². The van der Waals surface area contributed by atoms with E-state index in [0.717, 1.165) is 0 Å². The molecule has 0 aromatic heterocycles. The lowest BCUT2D eigenvalue weighted by atomic mass is 9.96. The van der Waals surface area contributed by atoms with Crippen LogP contribution in [0.5, 0.6) is 0 Å². The first-order valence-corrected chi connectivity index (χ1v) is 6.83. The second-order valence-electron chi connectivity index (χ2n) is 4.65. The topological polar surface area (TPSA) is 78.4 Å². The van der Waals surface area contributed by atoms with Crippen LogP contribution in [0.3, 0.4) is 0 Å². The maximum Gasteiger partial charge on any atom is 0.319 e. The minimum atomic E-state index is -0.954. The number of urea groups is 1. The number of carbonyl (C=O) groups excluding carboxylic acids is 1. The standard InChI is InChI=1S/C13H16BrFN2O3/c1-7(2)9(12(18)19)6-16-13(20)17-8-3-4-11(15)10(14)5-8/h3-5,7,9H,6H2,1-2H3,(H,18,19)(H2,16,17,20). The largest absolute Gasteiger partial charge is 0.481 e. The Bertz CT molecular complexity index is 508. The number of carboxylic acids is 1. The average molecular weight is 347 g/mol. The molecule has 0 heterocycles. The fourth-order valence-electron chi connectivity index (χ4n) is 1.56. The number of anilines is 1. The number of rotatable bonds is 5. The van der Waals surface area contributed by atoms with Crippen LogP contribution >= 0.6 is 15.9 Å². The fourth-order valence-corrected chi connectivity index (χ4v) is 1.94. The summed E-state index contributed by atoms with van der Waals surface area (Å²) in [6.07, 6.45) is 0. The van der Waals surface area contributed by atoms with Crippen LogP contribution < -0.4 is 10.6 Å². The highest BCUT2D eigenvalue weighted by Crippen LogP contribution is 2.19. The van der Waals surface area contributed by atoms with E-state index in [-0.39, 0.29) is 16.9 Å². The third kappa shape index (κ3) is 4.80. The number of amides is 2. The van der Waals surface area contributed by atoms with Crippen molar-refractivity contribution < 1.29 is 19.1 Å². The Morgan fingerprint density at radius 3 is 2.55 bits per heavy atom. The van der Waals surface area contributed by atoms with E-state index < -0.39 is 23.7 Å². The van der Waals surface area contributed by atoms with Crippen LogP contribution in [0.2, 0.25) is 0 Å². The van der Waals surface area contributed by atoms with Crippen LogP contribution in [-0.4, -0.2) is 23.7 Å². The second-order valence-corrected chi connectivity index (χ2v) is 5.51. The molecule has 20 heavy (non-hydrogen) atoms. The number of benzene rings is 1. The number of carbonyl (C=O) groups is 2. The predicted molar refractivity (Wildman–Crippen MR) is 77.1 cm³/mol. The highest BCUT2D eigenvalue weighted by Gasteiger charge is 2.21. The molecule has 5 nitrogen and oxygen atoms in total. The van der Waals surface area contributed by atoms with Crippen LogP contribution in [0.25, 0.3) is 0 Å². The van der Waals surface area contributed by atoms with Crippen molar-refractivity contribution in [3.63, 3.8) is 0 Å². The summed E-state index contributed by atoms with van der Waals surface area (Å²) in [6, 6.07) is 3.52. The molecule has 0 bridgehead atoms. The molecular formula is C13H16BrFN2O3. The zero-order valence-electron chi connectivity index (χ0n) is 11.1. The summed E-state index contributed by atoms with van der Waals surface area (Å²) in [4.78, 5) is 22.6.